The highest BCUT2D eigenvalue weighted by molar-refractivity contribution is 6.62. The predicted octanol–water partition coefficient (Wildman–Crippen LogP) is 1.54. The Bertz CT molecular complexity index is 624. The lowest BCUT2D eigenvalue weighted by Crippen LogP contribution is -2.41. The van der Waals surface area contributed by atoms with Crippen LogP contribution in [0.1, 0.15) is 38.1 Å². The summed E-state index contributed by atoms with van der Waals surface area (Å²) in [5.41, 5.74) is 0.0925. The van der Waals surface area contributed by atoms with E-state index in [1.807, 2.05) is 27.7 Å². The quantitative estimate of drug-likeness (QED) is 0.608. The van der Waals surface area contributed by atoms with Crippen LogP contribution in [0, 0.1) is 0 Å². The zero-order valence-electron chi connectivity index (χ0n) is 14.1. The number of carbonyl (C=O) groups excluding carboxylic acids is 1. The lowest BCUT2D eigenvalue weighted by molar-refractivity contribution is 0.00578. The van der Waals surface area contributed by atoms with Crippen molar-refractivity contribution in [3.05, 3.63) is 17.7 Å². The minimum absolute atomic E-state index is 0.314. The van der Waals surface area contributed by atoms with E-state index in [0.29, 0.717) is 35.7 Å². The van der Waals surface area contributed by atoms with Gasteiger partial charge in [0.25, 0.3) is 0 Å². The van der Waals surface area contributed by atoms with Gasteiger partial charge in [0.05, 0.1) is 18.3 Å². The first-order valence-corrected chi connectivity index (χ1v) is 7.63. The van der Waals surface area contributed by atoms with Gasteiger partial charge in [-0.15, -0.1) is 0 Å². The first kappa shape index (κ1) is 16.1. The number of benzene rings is 1. The van der Waals surface area contributed by atoms with Crippen molar-refractivity contribution in [3.8, 4) is 11.5 Å². The summed E-state index contributed by atoms with van der Waals surface area (Å²) in [7, 11) is 0.749. The molecule has 1 aromatic rings. The minimum Gasteiger partial charge on any atom is -0.486 e. The van der Waals surface area contributed by atoms with E-state index < -0.39 is 24.3 Å². The molecule has 0 amide bonds. The standard InChI is InChI=1S/C16H21BO6/c1-15(2)16(3,4)23-17(22-15)10-8-11(14(18)19-5)13-12(9-10)20-6-7-21-13/h8-9H,6-7H2,1-5H3. The number of esters is 1. The first-order valence-electron chi connectivity index (χ1n) is 7.63. The Kier molecular flexibility index (Phi) is 3.81. The number of carbonyl (C=O) groups is 1. The van der Waals surface area contributed by atoms with Gasteiger partial charge < -0.3 is 23.5 Å². The maximum atomic E-state index is 12.1. The third-order valence-electron chi connectivity index (χ3n) is 4.60. The van der Waals surface area contributed by atoms with Gasteiger partial charge in [-0.2, -0.15) is 0 Å². The van der Waals surface area contributed by atoms with Crippen LogP contribution in [0.4, 0.5) is 0 Å². The Balaban J connectivity index is 2.03. The topological polar surface area (TPSA) is 63.2 Å². The summed E-state index contributed by atoms with van der Waals surface area (Å²) < 4.78 is 28.1. The van der Waals surface area contributed by atoms with Gasteiger partial charge in [0.2, 0.25) is 0 Å². The highest BCUT2D eigenvalue weighted by Gasteiger charge is 2.52. The Hall–Kier alpha value is -1.73. The Morgan fingerprint density at radius 3 is 2.30 bits per heavy atom. The molecule has 3 rings (SSSR count). The van der Waals surface area contributed by atoms with Crippen molar-refractivity contribution in [2.75, 3.05) is 20.3 Å². The molecule has 1 aromatic carbocycles. The molecular weight excluding hydrogens is 299 g/mol. The van der Waals surface area contributed by atoms with Crippen LogP contribution in [0.3, 0.4) is 0 Å². The van der Waals surface area contributed by atoms with Crippen molar-refractivity contribution in [2.45, 2.75) is 38.9 Å². The molecule has 0 spiro atoms. The predicted molar refractivity (Wildman–Crippen MR) is 84.5 cm³/mol. The normalized spacial score (nSPS) is 21.2. The number of rotatable bonds is 2. The second-order valence-electron chi connectivity index (χ2n) is 6.67. The van der Waals surface area contributed by atoms with E-state index in [4.69, 9.17) is 23.5 Å². The summed E-state index contributed by atoms with van der Waals surface area (Å²) in [4.78, 5) is 12.1. The fraction of sp³-hybridized carbons (Fsp3) is 0.562. The molecule has 6 nitrogen and oxygen atoms in total. The minimum atomic E-state index is -0.584. The number of hydrogen-bond donors (Lipinski definition) is 0. The largest absolute Gasteiger partial charge is 0.494 e. The molecule has 0 atom stereocenters. The molecule has 0 aromatic heterocycles. The van der Waals surface area contributed by atoms with Crippen LogP contribution >= 0.6 is 0 Å². The number of hydrogen-bond acceptors (Lipinski definition) is 6. The number of methoxy groups -OCH3 is 1. The summed E-state index contributed by atoms with van der Waals surface area (Å²) in [6, 6.07) is 3.48. The fourth-order valence-electron chi connectivity index (χ4n) is 2.55. The van der Waals surface area contributed by atoms with Crippen LogP contribution in [-0.2, 0) is 14.0 Å². The molecule has 0 N–H and O–H groups in total. The Morgan fingerprint density at radius 1 is 1.09 bits per heavy atom. The lowest BCUT2D eigenvalue weighted by atomic mass is 9.78. The number of fused-ring (bicyclic) bond motifs is 1. The second-order valence-corrected chi connectivity index (χ2v) is 6.67. The summed E-state index contributed by atoms with van der Waals surface area (Å²) >= 11 is 0. The molecule has 124 valence electrons. The van der Waals surface area contributed by atoms with E-state index in [1.54, 1.807) is 12.1 Å². The molecular formula is C16H21BO6. The van der Waals surface area contributed by atoms with E-state index in [9.17, 15) is 4.79 Å². The van der Waals surface area contributed by atoms with Crippen molar-refractivity contribution >= 4 is 18.6 Å². The van der Waals surface area contributed by atoms with Gasteiger partial charge >= 0.3 is 13.1 Å². The first-order chi connectivity index (χ1) is 10.7. The summed E-state index contributed by atoms with van der Waals surface area (Å²) in [5.74, 6) is 0.428. The Labute approximate surface area is 136 Å². The van der Waals surface area contributed by atoms with Gasteiger partial charge in [-0.1, -0.05) is 0 Å². The summed E-state index contributed by atoms with van der Waals surface area (Å²) in [6.07, 6.45) is 0. The van der Waals surface area contributed by atoms with Gasteiger partial charge in [0, 0.05) is 0 Å². The maximum absolute atomic E-state index is 12.1. The van der Waals surface area contributed by atoms with Crippen LogP contribution in [-0.4, -0.2) is 44.6 Å². The van der Waals surface area contributed by atoms with E-state index in [0.717, 1.165) is 0 Å². The van der Waals surface area contributed by atoms with Crippen molar-refractivity contribution in [1.82, 2.24) is 0 Å². The van der Waals surface area contributed by atoms with Crippen molar-refractivity contribution < 1.29 is 28.3 Å². The van der Waals surface area contributed by atoms with Crippen molar-refractivity contribution in [1.29, 1.82) is 0 Å². The van der Waals surface area contributed by atoms with Gasteiger partial charge in [-0.25, -0.2) is 4.79 Å². The molecule has 0 radical (unpaired) electrons. The SMILES string of the molecule is COC(=O)c1cc(B2OC(C)(C)C(C)(C)O2)cc2c1OCCO2. The van der Waals surface area contributed by atoms with Crippen LogP contribution in [0.25, 0.3) is 0 Å². The summed E-state index contributed by atoms with van der Waals surface area (Å²) in [5, 5.41) is 0. The van der Waals surface area contributed by atoms with E-state index in [-0.39, 0.29) is 0 Å². The average Bonchev–Trinajstić information content (AvgIpc) is 2.73. The Morgan fingerprint density at radius 2 is 1.70 bits per heavy atom. The highest BCUT2D eigenvalue weighted by atomic mass is 16.7. The molecule has 23 heavy (non-hydrogen) atoms. The third-order valence-corrected chi connectivity index (χ3v) is 4.60. The molecule has 2 aliphatic rings. The summed E-state index contributed by atoms with van der Waals surface area (Å²) in [6.45, 7) is 8.74. The molecule has 0 saturated carbocycles. The number of ether oxygens (including phenoxy) is 3. The maximum Gasteiger partial charge on any atom is 0.494 e. The second kappa shape index (κ2) is 5.42. The van der Waals surface area contributed by atoms with Crippen LogP contribution in [0.15, 0.2) is 12.1 Å². The van der Waals surface area contributed by atoms with Gasteiger partial charge in [0.1, 0.15) is 18.8 Å². The van der Waals surface area contributed by atoms with Crippen molar-refractivity contribution in [3.63, 3.8) is 0 Å². The monoisotopic (exact) mass is 320 g/mol. The van der Waals surface area contributed by atoms with Gasteiger partial charge in [-0.3, -0.25) is 0 Å². The molecule has 0 unspecified atom stereocenters. The van der Waals surface area contributed by atoms with Crippen LogP contribution in [0.5, 0.6) is 11.5 Å². The van der Waals surface area contributed by atoms with Crippen LogP contribution in [0.2, 0.25) is 0 Å². The van der Waals surface area contributed by atoms with Crippen molar-refractivity contribution in [2.24, 2.45) is 0 Å². The molecule has 1 fully saturated rings. The zero-order valence-corrected chi connectivity index (χ0v) is 14.1. The highest BCUT2D eigenvalue weighted by Crippen LogP contribution is 2.38. The molecule has 1 saturated heterocycles. The fourth-order valence-corrected chi connectivity index (χ4v) is 2.55. The molecule has 0 aliphatic carbocycles. The molecule has 0 bridgehead atoms. The lowest BCUT2D eigenvalue weighted by Gasteiger charge is -2.32. The third kappa shape index (κ3) is 2.68. The van der Waals surface area contributed by atoms with Gasteiger partial charge in [-0.05, 0) is 45.3 Å². The molecule has 7 heteroatoms. The average molecular weight is 320 g/mol. The zero-order chi connectivity index (χ0) is 16.8. The van der Waals surface area contributed by atoms with E-state index in [2.05, 4.69) is 0 Å². The van der Waals surface area contributed by atoms with Crippen LogP contribution < -0.4 is 14.9 Å². The molecule has 2 aliphatic heterocycles. The molecule has 2 heterocycles. The van der Waals surface area contributed by atoms with E-state index >= 15 is 0 Å². The smallest absolute Gasteiger partial charge is 0.486 e. The van der Waals surface area contributed by atoms with E-state index in [1.165, 1.54) is 7.11 Å². The van der Waals surface area contributed by atoms with Gasteiger partial charge in [0.15, 0.2) is 11.5 Å².